The molecular weight excluding hydrogens is 351 g/mol. The van der Waals surface area contributed by atoms with Gasteiger partial charge in [0.15, 0.2) is 0 Å². The number of pyridine rings is 1. The van der Waals surface area contributed by atoms with Crippen LogP contribution < -0.4 is 4.90 Å². The zero-order chi connectivity index (χ0) is 19.3. The zero-order valence-corrected chi connectivity index (χ0v) is 16.0. The molecular formula is C24H23FN2O. The molecule has 1 aliphatic heterocycles. The Labute approximate surface area is 164 Å². The number of hydrogen-bond donors (Lipinski definition) is 0. The van der Waals surface area contributed by atoms with E-state index >= 15 is 0 Å². The van der Waals surface area contributed by atoms with E-state index in [4.69, 9.17) is 0 Å². The van der Waals surface area contributed by atoms with E-state index in [1.54, 1.807) is 12.1 Å². The number of aromatic nitrogens is 1. The van der Waals surface area contributed by atoms with Crippen LogP contribution in [-0.2, 0) is 0 Å². The molecule has 0 radical (unpaired) electrons. The summed E-state index contributed by atoms with van der Waals surface area (Å²) < 4.78 is 13.9. The summed E-state index contributed by atoms with van der Waals surface area (Å²) in [6.07, 6.45) is 5.11. The van der Waals surface area contributed by atoms with Crippen LogP contribution in [0.4, 0.5) is 10.1 Å². The fraction of sp³-hybridized carbons (Fsp3) is 0.333. The van der Waals surface area contributed by atoms with Gasteiger partial charge in [-0.25, -0.2) is 9.37 Å². The summed E-state index contributed by atoms with van der Waals surface area (Å²) in [6.45, 7) is 2.15. The fourth-order valence-electron chi connectivity index (χ4n) is 5.24. The second-order valence-corrected chi connectivity index (χ2v) is 8.27. The number of benzene rings is 2. The summed E-state index contributed by atoms with van der Waals surface area (Å²) in [5.74, 6) is -0.0889. The number of carbonyl (C=O) groups excluding carboxylic acids is 1. The van der Waals surface area contributed by atoms with E-state index in [-0.39, 0.29) is 23.2 Å². The molecule has 2 heterocycles. The Kier molecular flexibility index (Phi) is 3.97. The lowest BCUT2D eigenvalue weighted by Crippen LogP contribution is -2.54. The molecule has 142 valence electrons. The average molecular weight is 374 g/mol. The maximum absolute atomic E-state index is 13.9. The minimum atomic E-state index is -0.246. The van der Waals surface area contributed by atoms with Crippen LogP contribution in [0, 0.1) is 5.82 Å². The summed E-state index contributed by atoms with van der Waals surface area (Å²) in [4.78, 5) is 20.3. The number of amides is 1. The number of carbonyl (C=O) groups is 1. The number of nitrogens with zero attached hydrogens (tertiary/aromatic N) is 2. The predicted octanol–water partition coefficient (Wildman–Crippen LogP) is 5.84. The van der Waals surface area contributed by atoms with Crippen LogP contribution in [0.3, 0.4) is 0 Å². The molecule has 5 rings (SSSR count). The van der Waals surface area contributed by atoms with Crippen molar-refractivity contribution in [3.8, 4) is 0 Å². The van der Waals surface area contributed by atoms with Crippen LogP contribution >= 0.6 is 0 Å². The van der Waals surface area contributed by atoms with E-state index in [0.717, 1.165) is 54.3 Å². The Balaban J connectivity index is 1.66. The first kappa shape index (κ1) is 17.4. The summed E-state index contributed by atoms with van der Waals surface area (Å²) in [7, 11) is 0. The van der Waals surface area contributed by atoms with Gasteiger partial charge in [0.2, 0.25) is 0 Å². The molecule has 0 bridgehead atoms. The van der Waals surface area contributed by atoms with Gasteiger partial charge in [0.05, 0.1) is 5.52 Å². The molecule has 2 aromatic carbocycles. The van der Waals surface area contributed by atoms with Crippen LogP contribution in [0.25, 0.3) is 10.9 Å². The normalized spacial score (nSPS) is 20.5. The summed E-state index contributed by atoms with van der Waals surface area (Å²) in [5, 5.41) is 1.02. The Hall–Kier alpha value is -2.75. The maximum Gasteiger partial charge on any atom is 0.277 e. The predicted molar refractivity (Wildman–Crippen MR) is 109 cm³/mol. The minimum Gasteiger partial charge on any atom is -0.301 e. The second kappa shape index (κ2) is 6.40. The number of hydrogen-bond acceptors (Lipinski definition) is 2. The number of para-hydroxylation sites is 1. The summed E-state index contributed by atoms with van der Waals surface area (Å²) >= 11 is 0. The lowest BCUT2D eigenvalue weighted by Gasteiger charge is -2.48. The number of fused-ring (bicyclic) bond motifs is 2. The molecule has 1 aliphatic carbocycles. The third kappa shape index (κ3) is 2.62. The molecule has 3 nitrogen and oxygen atoms in total. The van der Waals surface area contributed by atoms with Crippen molar-refractivity contribution < 1.29 is 9.18 Å². The van der Waals surface area contributed by atoms with Crippen molar-refractivity contribution in [3.63, 3.8) is 0 Å². The van der Waals surface area contributed by atoms with Crippen LogP contribution in [0.5, 0.6) is 0 Å². The fourth-order valence-corrected chi connectivity index (χ4v) is 5.24. The van der Waals surface area contributed by atoms with E-state index in [2.05, 4.69) is 11.9 Å². The molecule has 1 fully saturated rings. The number of halogens is 1. The maximum atomic E-state index is 13.9. The molecule has 2 aliphatic rings. The molecule has 0 saturated heterocycles. The molecule has 1 saturated carbocycles. The molecule has 4 heteroatoms. The molecule has 28 heavy (non-hydrogen) atoms. The van der Waals surface area contributed by atoms with Gasteiger partial charge >= 0.3 is 0 Å². The van der Waals surface area contributed by atoms with Crippen LogP contribution in [0.1, 0.15) is 61.0 Å². The van der Waals surface area contributed by atoms with Crippen molar-refractivity contribution >= 4 is 22.5 Å². The summed E-state index contributed by atoms with van der Waals surface area (Å²) in [6, 6.07) is 16.4. The van der Waals surface area contributed by atoms with Gasteiger partial charge in [-0.1, -0.05) is 44.0 Å². The largest absolute Gasteiger partial charge is 0.301 e. The van der Waals surface area contributed by atoms with Gasteiger partial charge in [0.1, 0.15) is 11.5 Å². The highest BCUT2D eigenvalue weighted by Crippen LogP contribution is 2.51. The Morgan fingerprint density at radius 2 is 1.89 bits per heavy atom. The monoisotopic (exact) mass is 374 g/mol. The van der Waals surface area contributed by atoms with Gasteiger partial charge in [0, 0.05) is 16.6 Å². The van der Waals surface area contributed by atoms with E-state index in [9.17, 15) is 9.18 Å². The molecule has 1 spiro atoms. The molecule has 1 unspecified atom stereocenters. The SMILES string of the molecule is CC1CC2(CCCC2)N(C(=O)c2ccc3ccccc3n2)c2ccc(F)cc21. The molecule has 1 amide bonds. The first-order valence-corrected chi connectivity index (χ1v) is 10.1. The first-order chi connectivity index (χ1) is 13.6. The van der Waals surface area contributed by atoms with Crippen molar-refractivity contribution in [3.05, 3.63) is 71.7 Å². The van der Waals surface area contributed by atoms with Gasteiger partial charge in [0.25, 0.3) is 5.91 Å². The van der Waals surface area contributed by atoms with E-state index in [1.165, 1.54) is 6.07 Å². The Morgan fingerprint density at radius 1 is 1.11 bits per heavy atom. The third-order valence-electron chi connectivity index (χ3n) is 6.48. The molecule has 3 aromatic rings. The lowest BCUT2D eigenvalue weighted by atomic mass is 9.76. The van der Waals surface area contributed by atoms with Crippen molar-refractivity contribution in [1.82, 2.24) is 4.98 Å². The topological polar surface area (TPSA) is 33.2 Å². The van der Waals surface area contributed by atoms with Crippen molar-refractivity contribution in [1.29, 1.82) is 0 Å². The van der Waals surface area contributed by atoms with Crippen LogP contribution in [0.15, 0.2) is 54.6 Å². The highest BCUT2D eigenvalue weighted by atomic mass is 19.1. The minimum absolute atomic E-state index is 0.0765. The number of rotatable bonds is 1. The Morgan fingerprint density at radius 3 is 2.71 bits per heavy atom. The highest BCUT2D eigenvalue weighted by Gasteiger charge is 2.48. The van der Waals surface area contributed by atoms with Gasteiger partial charge in [-0.05, 0) is 61.1 Å². The average Bonchev–Trinajstić information content (AvgIpc) is 3.16. The van der Waals surface area contributed by atoms with E-state index in [1.807, 2.05) is 41.3 Å². The zero-order valence-electron chi connectivity index (χ0n) is 16.0. The van der Waals surface area contributed by atoms with Crippen LogP contribution in [0.2, 0.25) is 0 Å². The lowest BCUT2D eigenvalue weighted by molar-refractivity contribution is 0.0939. The van der Waals surface area contributed by atoms with Crippen LogP contribution in [-0.4, -0.2) is 16.4 Å². The smallest absolute Gasteiger partial charge is 0.277 e. The van der Waals surface area contributed by atoms with Gasteiger partial charge < -0.3 is 4.90 Å². The van der Waals surface area contributed by atoms with Crippen molar-refractivity contribution in [2.24, 2.45) is 0 Å². The Bertz CT molecular complexity index is 1070. The summed E-state index contributed by atoms with van der Waals surface area (Å²) in [5.41, 5.74) is 2.86. The van der Waals surface area contributed by atoms with Gasteiger partial charge in [-0.2, -0.15) is 0 Å². The number of anilines is 1. The molecule has 1 atom stereocenters. The molecule has 0 N–H and O–H groups in total. The third-order valence-corrected chi connectivity index (χ3v) is 6.48. The van der Waals surface area contributed by atoms with E-state index < -0.39 is 0 Å². The standard InChI is InChI=1S/C24H23FN2O/c1-16-15-24(12-4-5-13-24)27(22-11-9-18(25)14-19(16)22)23(28)21-10-8-17-6-2-3-7-20(17)26-21/h2-3,6-11,14,16H,4-5,12-13,15H2,1H3. The molecule has 1 aromatic heterocycles. The van der Waals surface area contributed by atoms with Gasteiger partial charge in [-0.15, -0.1) is 0 Å². The first-order valence-electron chi connectivity index (χ1n) is 10.1. The highest BCUT2D eigenvalue weighted by molar-refractivity contribution is 6.07. The van der Waals surface area contributed by atoms with Gasteiger partial charge in [-0.3, -0.25) is 4.79 Å². The van der Waals surface area contributed by atoms with Crippen molar-refractivity contribution in [2.75, 3.05) is 4.90 Å². The second-order valence-electron chi connectivity index (χ2n) is 8.27. The van der Waals surface area contributed by atoms with E-state index in [0.29, 0.717) is 5.69 Å². The quantitative estimate of drug-likeness (QED) is 0.536. The van der Waals surface area contributed by atoms with Crippen molar-refractivity contribution in [2.45, 2.75) is 50.5 Å².